The van der Waals surface area contributed by atoms with Crippen molar-refractivity contribution in [1.82, 2.24) is 9.97 Å². The van der Waals surface area contributed by atoms with Crippen LogP contribution in [-0.2, 0) is 4.79 Å². The van der Waals surface area contributed by atoms with E-state index in [9.17, 15) is 4.79 Å². The van der Waals surface area contributed by atoms with E-state index in [-0.39, 0.29) is 11.7 Å². The largest absolute Gasteiger partial charge is 0.325 e. The molecule has 1 N–H and O–H groups in total. The molecular formula is C16H14ClN3OS2. The molecule has 0 radical (unpaired) electrons. The van der Waals surface area contributed by atoms with Crippen molar-refractivity contribution in [2.24, 2.45) is 0 Å². The van der Waals surface area contributed by atoms with Crippen LogP contribution in [0, 0.1) is 13.8 Å². The van der Waals surface area contributed by atoms with Crippen molar-refractivity contribution in [3.8, 4) is 0 Å². The van der Waals surface area contributed by atoms with Gasteiger partial charge in [-0.05, 0) is 31.5 Å². The zero-order chi connectivity index (χ0) is 16.4. The van der Waals surface area contributed by atoms with E-state index in [1.807, 2.05) is 44.2 Å². The van der Waals surface area contributed by atoms with Crippen LogP contribution in [0.15, 0.2) is 35.5 Å². The number of aromatic nitrogens is 2. The molecule has 0 spiro atoms. The number of carbonyl (C=O) groups is 1. The number of benzene rings is 1. The number of nitrogens with zero attached hydrogens (tertiary/aromatic N) is 2. The van der Waals surface area contributed by atoms with Gasteiger partial charge in [0.1, 0.15) is 9.98 Å². The number of rotatable bonds is 4. The number of fused-ring (bicyclic) bond motifs is 1. The standard InChI is InChI=1S/C16H14ClN3OS2/c1-9-10(2)23-15-13(9)14(17)19-16(20-15)22-8-12(21)18-11-6-4-3-5-7-11/h3-7H,8H2,1-2H3,(H,18,21). The SMILES string of the molecule is Cc1sc2nc(SCC(=O)Nc3ccccc3)nc(Cl)c2c1C. The summed E-state index contributed by atoms with van der Waals surface area (Å²) >= 11 is 9.14. The fraction of sp³-hybridized carbons (Fsp3) is 0.188. The van der Waals surface area contributed by atoms with Gasteiger partial charge in [-0.1, -0.05) is 41.6 Å². The van der Waals surface area contributed by atoms with Gasteiger partial charge in [0.25, 0.3) is 0 Å². The van der Waals surface area contributed by atoms with Gasteiger partial charge in [0.2, 0.25) is 5.91 Å². The number of hydrogen-bond acceptors (Lipinski definition) is 5. The molecule has 4 nitrogen and oxygen atoms in total. The van der Waals surface area contributed by atoms with Gasteiger partial charge in [0.05, 0.1) is 11.1 Å². The number of thiophene rings is 1. The Morgan fingerprint density at radius 1 is 1.26 bits per heavy atom. The molecule has 2 heterocycles. The summed E-state index contributed by atoms with van der Waals surface area (Å²) in [6.45, 7) is 4.06. The van der Waals surface area contributed by atoms with Gasteiger partial charge in [-0.15, -0.1) is 11.3 Å². The Kier molecular flexibility index (Phi) is 4.84. The van der Waals surface area contributed by atoms with Crippen molar-refractivity contribution in [3.63, 3.8) is 0 Å². The van der Waals surface area contributed by atoms with Gasteiger partial charge in [0.15, 0.2) is 5.16 Å². The molecule has 2 aromatic heterocycles. The molecule has 0 aliphatic rings. The first-order valence-electron chi connectivity index (χ1n) is 6.95. The number of hydrogen-bond donors (Lipinski definition) is 1. The topological polar surface area (TPSA) is 54.9 Å². The Morgan fingerprint density at radius 2 is 2.00 bits per heavy atom. The lowest BCUT2D eigenvalue weighted by molar-refractivity contribution is -0.113. The molecule has 3 aromatic rings. The number of para-hydroxylation sites is 1. The van der Waals surface area contributed by atoms with Crippen LogP contribution in [0.25, 0.3) is 10.2 Å². The van der Waals surface area contributed by atoms with Crippen LogP contribution in [0.3, 0.4) is 0 Å². The van der Waals surface area contributed by atoms with Crippen LogP contribution in [0.5, 0.6) is 0 Å². The fourth-order valence-corrected chi connectivity index (χ4v) is 4.24. The minimum Gasteiger partial charge on any atom is -0.325 e. The molecule has 0 fully saturated rings. The summed E-state index contributed by atoms with van der Waals surface area (Å²) in [6.07, 6.45) is 0. The molecule has 0 saturated carbocycles. The van der Waals surface area contributed by atoms with Crippen molar-refractivity contribution < 1.29 is 4.79 Å². The quantitative estimate of drug-likeness (QED) is 0.415. The first-order valence-corrected chi connectivity index (χ1v) is 9.13. The van der Waals surface area contributed by atoms with Crippen molar-refractivity contribution in [3.05, 3.63) is 45.9 Å². The highest BCUT2D eigenvalue weighted by Crippen LogP contribution is 2.34. The maximum absolute atomic E-state index is 12.0. The minimum absolute atomic E-state index is 0.0976. The van der Waals surface area contributed by atoms with E-state index in [0.29, 0.717) is 10.3 Å². The third kappa shape index (κ3) is 3.65. The average Bonchev–Trinajstić information content (AvgIpc) is 2.81. The molecule has 0 unspecified atom stereocenters. The van der Waals surface area contributed by atoms with Crippen LogP contribution < -0.4 is 5.32 Å². The Bertz CT molecular complexity index is 865. The van der Waals surface area contributed by atoms with E-state index in [0.717, 1.165) is 21.5 Å². The second kappa shape index (κ2) is 6.86. The van der Waals surface area contributed by atoms with Gasteiger partial charge in [0, 0.05) is 10.6 Å². The highest BCUT2D eigenvalue weighted by molar-refractivity contribution is 7.99. The Balaban J connectivity index is 1.71. The van der Waals surface area contributed by atoms with E-state index < -0.39 is 0 Å². The molecule has 1 amide bonds. The number of aryl methyl sites for hydroxylation is 2. The number of halogens is 1. The Hall–Kier alpha value is -1.63. The first kappa shape index (κ1) is 16.2. The molecule has 0 saturated heterocycles. The normalized spacial score (nSPS) is 10.9. The second-order valence-electron chi connectivity index (χ2n) is 4.96. The summed E-state index contributed by atoms with van der Waals surface area (Å²) < 4.78 is 0. The van der Waals surface area contributed by atoms with Crippen LogP contribution in [0.4, 0.5) is 5.69 Å². The van der Waals surface area contributed by atoms with Gasteiger partial charge >= 0.3 is 0 Å². The van der Waals surface area contributed by atoms with Crippen LogP contribution in [0.2, 0.25) is 5.15 Å². The number of nitrogens with one attached hydrogen (secondary N) is 1. The predicted molar refractivity (Wildman–Crippen MR) is 97.7 cm³/mol. The van der Waals surface area contributed by atoms with E-state index >= 15 is 0 Å². The van der Waals surface area contributed by atoms with E-state index in [1.54, 1.807) is 11.3 Å². The van der Waals surface area contributed by atoms with Crippen molar-refractivity contribution in [2.75, 3.05) is 11.1 Å². The number of carbonyl (C=O) groups excluding carboxylic acids is 1. The highest BCUT2D eigenvalue weighted by atomic mass is 35.5. The molecule has 23 heavy (non-hydrogen) atoms. The lowest BCUT2D eigenvalue weighted by Gasteiger charge is -2.05. The van der Waals surface area contributed by atoms with Crippen molar-refractivity contribution >= 4 is 56.5 Å². The summed E-state index contributed by atoms with van der Waals surface area (Å²) in [6, 6.07) is 9.35. The molecule has 0 atom stereocenters. The monoisotopic (exact) mass is 363 g/mol. The van der Waals surface area contributed by atoms with E-state index in [1.165, 1.54) is 16.6 Å². The van der Waals surface area contributed by atoms with Crippen LogP contribution in [0.1, 0.15) is 10.4 Å². The molecule has 0 aliphatic heterocycles. The zero-order valence-electron chi connectivity index (χ0n) is 12.6. The number of thioether (sulfide) groups is 1. The molecule has 0 aliphatic carbocycles. The van der Waals surface area contributed by atoms with Gasteiger partial charge < -0.3 is 5.32 Å². The number of amides is 1. The summed E-state index contributed by atoms with van der Waals surface area (Å²) in [7, 11) is 0. The van der Waals surface area contributed by atoms with Crippen LogP contribution in [-0.4, -0.2) is 21.6 Å². The molecule has 3 rings (SSSR count). The Labute approximate surface area is 147 Å². The second-order valence-corrected chi connectivity index (χ2v) is 7.47. The first-order chi connectivity index (χ1) is 11.0. The third-order valence-corrected chi connectivity index (χ3v) is 5.58. The van der Waals surface area contributed by atoms with Gasteiger partial charge in [-0.3, -0.25) is 4.79 Å². The van der Waals surface area contributed by atoms with Gasteiger partial charge in [-0.2, -0.15) is 0 Å². The van der Waals surface area contributed by atoms with E-state index in [4.69, 9.17) is 11.6 Å². The zero-order valence-corrected chi connectivity index (χ0v) is 15.0. The lowest BCUT2D eigenvalue weighted by atomic mass is 10.2. The third-order valence-electron chi connectivity index (χ3n) is 3.35. The Morgan fingerprint density at radius 3 is 2.74 bits per heavy atom. The molecule has 0 bridgehead atoms. The van der Waals surface area contributed by atoms with Crippen molar-refractivity contribution in [1.29, 1.82) is 0 Å². The minimum atomic E-state index is -0.0976. The van der Waals surface area contributed by atoms with Crippen LogP contribution >= 0.6 is 34.7 Å². The molecular weight excluding hydrogens is 350 g/mol. The summed E-state index contributed by atoms with van der Waals surface area (Å²) in [4.78, 5) is 22.8. The average molecular weight is 364 g/mol. The maximum Gasteiger partial charge on any atom is 0.234 e. The fourth-order valence-electron chi connectivity index (χ4n) is 2.10. The van der Waals surface area contributed by atoms with Gasteiger partial charge in [-0.25, -0.2) is 9.97 Å². The molecule has 118 valence electrons. The lowest BCUT2D eigenvalue weighted by Crippen LogP contribution is -2.14. The summed E-state index contributed by atoms with van der Waals surface area (Å²) in [5, 5.41) is 4.71. The predicted octanol–water partition coefficient (Wildman–Crippen LogP) is 4.69. The number of anilines is 1. The highest BCUT2D eigenvalue weighted by Gasteiger charge is 2.14. The summed E-state index contributed by atoms with van der Waals surface area (Å²) in [5.74, 6) is 0.139. The maximum atomic E-state index is 12.0. The molecule has 7 heteroatoms. The summed E-state index contributed by atoms with van der Waals surface area (Å²) in [5.41, 5.74) is 1.89. The smallest absolute Gasteiger partial charge is 0.234 e. The molecule has 1 aromatic carbocycles. The van der Waals surface area contributed by atoms with E-state index in [2.05, 4.69) is 15.3 Å². The van der Waals surface area contributed by atoms with Crippen molar-refractivity contribution in [2.45, 2.75) is 19.0 Å².